The summed E-state index contributed by atoms with van der Waals surface area (Å²) >= 11 is 6.89. The Labute approximate surface area is 295 Å². The standard InChI is InChI=1S/C36H24I3O3S/c37-25-1-7-28(8-2-25)40-31-13-19-34(20-14-31)43(35-21-15-32(16-22-35)41-29-9-3-26(38)4-10-29)36-23-17-33(18-24-36)42-30-11-5-27(39)6-12-30/h1-24H/q+1. The minimum Gasteiger partial charge on any atom is -0.457 e. The van der Waals surface area contributed by atoms with Gasteiger partial charge < -0.3 is 14.2 Å². The molecule has 0 fully saturated rings. The molecule has 0 bridgehead atoms. The van der Waals surface area contributed by atoms with Crippen molar-refractivity contribution in [1.82, 2.24) is 0 Å². The van der Waals surface area contributed by atoms with Crippen molar-refractivity contribution in [2.75, 3.05) is 0 Å². The van der Waals surface area contributed by atoms with Crippen molar-refractivity contribution < 1.29 is 14.2 Å². The molecule has 0 saturated carbocycles. The van der Waals surface area contributed by atoms with Gasteiger partial charge in [-0.3, -0.25) is 0 Å². The molecule has 43 heavy (non-hydrogen) atoms. The zero-order chi connectivity index (χ0) is 29.6. The summed E-state index contributed by atoms with van der Waals surface area (Å²) in [6.45, 7) is 0. The van der Waals surface area contributed by atoms with E-state index in [4.69, 9.17) is 14.2 Å². The second-order valence-corrected chi connectivity index (χ2v) is 15.2. The van der Waals surface area contributed by atoms with Crippen molar-refractivity contribution in [1.29, 1.82) is 0 Å². The van der Waals surface area contributed by atoms with Gasteiger partial charge in [-0.25, -0.2) is 0 Å². The Morgan fingerprint density at radius 1 is 0.279 bits per heavy atom. The summed E-state index contributed by atoms with van der Waals surface area (Å²) in [7, 11) is -0.358. The highest BCUT2D eigenvalue weighted by Crippen LogP contribution is 2.36. The Morgan fingerprint density at radius 3 is 0.674 bits per heavy atom. The molecule has 0 aromatic heterocycles. The van der Waals surface area contributed by atoms with Crippen molar-refractivity contribution in [3.05, 3.63) is 156 Å². The fourth-order valence-corrected chi connectivity index (χ4v) is 7.38. The van der Waals surface area contributed by atoms with Gasteiger partial charge in [-0.15, -0.1) is 0 Å². The normalized spacial score (nSPS) is 10.9. The molecule has 0 heterocycles. The molecule has 0 aliphatic carbocycles. The quantitative estimate of drug-likeness (QED) is 0.107. The van der Waals surface area contributed by atoms with Crippen LogP contribution in [-0.4, -0.2) is 0 Å². The predicted octanol–water partition coefficient (Wildman–Crippen LogP) is 12.0. The molecule has 0 radical (unpaired) electrons. The highest BCUT2D eigenvalue weighted by Gasteiger charge is 2.29. The highest BCUT2D eigenvalue weighted by molar-refractivity contribution is 14.1. The topological polar surface area (TPSA) is 27.7 Å². The average molecular weight is 917 g/mol. The molecule has 212 valence electrons. The lowest BCUT2D eigenvalue weighted by atomic mass is 10.3. The van der Waals surface area contributed by atoms with Gasteiger partial charge in [0.2, 0.25) is 0 Å². The zero-order valence-corrected chi connectivity index (χ0v) is 29.9. The molecule has 6 aromatic rings. The van der Waals surface area contributed by atoms with Gasteiger partial charge >= 0.3 is 0 Å². The molecule has 6 rings (SSSR count). The SMILES string of the molecule is Ic1ccc(Oc2ccc([S+](c3ccc(Oc4ccc(I)cc4)cc3)c3ccc(Oc4ccc(I)cc4)cc3)cc2)cc1. The van der Waals surface area contributed by atoms with E-state index in [9.17, 15) is 0 Å². The molecule has 6 aromatic carbocycles. The molecule has 0 aliphatic heterocycles. The molecular weight excluding hydrogens is 893 g/mol. The van der Waals surface area contributed by atoms with E-state index < -0.39 is 0 Å². The molecule has 0 N–H and O–H groups in total. The van der Waals surface area contributed by atoms with E-state index in [1.54, 1.807) is 0 Å². The first-order valence-corrected chi connectivity index (χ1v) is 17.8. The van der Waals surface area contributed by atoms with Crippen LogP contribution in [0.2, 0.25) is 0 Å². The van der Waals surface area contributed by atoms with Gasteiger partial charge in [0.15, 0.2) is 14.7 Å². The van der Waals surface area contributed by atoms with Crippen molar-refractivity contribution in [3.63, 3.8) is 0 Å². The molecule has 3 nitrogen and oxygen atoms in total. The van der Waals surface area contributed by atoms with E-state index in [0.29, 0.717) is 0 Å². The first-order chi connectivity index (χ1) is 21.0. The van der Waals surface area contributed by atoms with E-state index in [2.05, 4.69) is 104 Å². The monoisotopic (exact) mass is 917 g/mol. The number of halogens is 3. The van der Waals surface area contributed by atoms with Crippen molar-refractivity contribution in [2.45, 2.75) is 14.7 Å². The van der Waals surface area contributed by atoms with Gasteiger partial charge in [0.1, 0.15) is 34.5 Å². The first kappa shape index (κ1) is 30.3. The maximum atomic E-state index is 6.10. The summed E-state index contributed by atoms with van der Waals surface area (Å²) in [5.74, 6) is 4.86. The van der Waals surface area contributed by atoms with Gasteiger partial charge in [0.25, 0.3) is 0 Å². The minimum atomic E-state index is -0.358. The highest BCUT2D eigenvalue weighted by atomic mass is 127. The second kappa shape index (κ2) is 14.4. The molecule has 0 aliphatic rings. The maximum absolute atomic E-state index is 6.10. The number of hydrogen-bond donors (Lipinski definition) is 0. The van der Waals surface area contributed by atoms with Crippen molar-refractivity contribution in [3.8, 4) is 34.5 Å². The number of hydrogen-bond acceptors (Lipinski definition) is 3. The van der Waals surface area contributed by atoms with Crippen molar-refractivity contribution >= 4 is 78.7 Å². The van der Waals surface area contributed by atoms with Crippen LogP contribution in [0, 0.1) is 10.7 Å². The Kier molecular flexibility index (Phi) is 10.1. The fourth-order valence-electron chi connectivity index (χ4n) is 4.26. The largest absolute Gasteiger partial charge is 0.457 e. The van der Waals surface area contributed by atoms with Crippen LogP contribution in [0.15, 0.2) is 160 Å². The second-order valence-electron chi connectivity index (χ2n) is 9.39. The molecule has 0 atom stereocenters. The third kappa shape index (κ3) is 8.25. The molecule has 0 saturated heterocycles. The van der Waals surface area contributed by atoms with Crippen LogP contribution < -0.4 is 14.2 Å². The van der Waals surface area contributed by atoms with Crippen LogP contribution in [0.5, 0.6) is 34.5 Å². The molecule has 0 amide bonds. The Balaban J connectivity index is 1.27. The van der Waals surface area contributed by atoms with Crippen molar-refractivity contribution in [2.24, 2.45) is 0 Å². The summed E-state index contributed by atoms with van der Waals surface area (Å²) < 4.78 is 21.8. The van der Waals surface area contributed by atoms with E-state index in [1.807, 2.05) is 109 Å². The van der Waals surface area contributed by atoms with Crippen LogP contribution in [0.25, 0.3) is 0 Å². The Morgan fingerprint density at radius 2 is 0.465 bits per heavy atom. The number of rotatable bonds is 9. The molecular formula is C36H24I3O3S+. The summed E-state index contributed by atoms with van der Waals surface area (Å²) in [6.07, 6.45) is 0. The van der Waals surface area contributed by atoms with Crippen LogP contribution in [0.3, 0.4) is 0 Å². The third-order valence-electron chi connectivity index (χ3n) is 6.33. The van der Waals surface area contributed by atoms with Gasteiger partial charge in [-0.05, 0) is 213 Å². The van der Waals surface area contributed by atoms with Crippen LogP contribution >= 0.6 is 67.8 Å². The zero-order valence-electron chi connectivity index (χ0n) is 22.6. The lowest BCUT2D eigenvalue weighted by Crippen LogP contribution is -2.05. The average Bonchev–Trinajstić information content (AvgIpc) is 3.03. The summed E-state index contributed by atoms with van der Waals surface area (Å²) in [5, 5.41) is 0. The van der Waals surface area contributed by atoms with Gasteiger partial charge in [0, 0.05) is 10.7 Å². The first-order valence-electron chi connectivity index (χ1n) is 13.3. The Bertz CT molecular complexity index is 1560. The lowest BCUT2D eigenvalue weighted by Gasteiger charge is -2.12. The minimum absolute atomic E-state index is 0.358. The van der Waals surface area contributed by atoms with Crippen LogP contribution in [-0.2, 0) is 10.9 Å². The van der Waals surface area contributed by atoms with Gasteiger partial charge in [-0.2, -0.15) is 0 Å². The Hall–Kier alpha value is -2.74. The molecule has 7 heteroatoms. The third-order valence-corrected chi connectivity index (χ3v) is 10.7. The lowest BCUT2D eigenvalue weighted by molar-refractivity contribution is 0.482. The van der Waals surface area contributed by atoms with E-state index in [1.165, 1.54) is 25.4 Å². The summed E-state index contributed by atoms with van der Waals surface area (Å²) in [5.41, 5.74) is 0. The van der Waals surface area contributed by atoms with E-state index >= 15 is 0 Å². The maximum Gasteiger partial charge on any atom is 0.166 e. The van der Waals surface area contributed by atoms with Crippen LogP contribution in [0.4, 0.5) is 0 Å². The van der Waals surface area contributed by atoms with Crippen LogP contribution in [0.1, 0.15) is 0 Å². The number of ether oxygens (including phenoxy) is 3. The summed E-state index contributed by atoms with van der Waals surface area (Å²) in [4.78, 5) is 3.56. The number of benzene rings is 6. The predicted molar refractivity (Wildman–Crippen MR) is 199 cm³/mol. The van der Waals surface area contributed by atoms with E-state index in [0.717, 1.165) is 34.5 Å². The molecule has 0 unspecified atom stereocenters. The molecule has 0 spiro atoms. The fraction of sp³-hybridized carbons (Fsp3) is 0. The smallest absolute Gasteiger partial charge is 0.166 e. The summed E-state index contributed by atoms with van der Waals surface area (Å²) in [6, 6.07) is 49.3. The van der Waals surface area contributed by atoms with E-state index in [-0.39, 0.29) is 10.9 Å². The van der Waals surface area contributed by atoms with Gasteiger partial charge in [0.05, 0.1) is 10.9 Å². The van der Waals surface area contributed by atoms with Gasteiger partial charge in [-0.1, -0.05) is 0 Å².